The standard InChI is InChI=1S/C17H21ClN4OS/c1-17(2,3)15-20-21-16(24-15)19-14(23)13-5-4-10-22(13)12-8-6-11(18)7-9-12/h6-9,13H,4-5,10H2,1-3H3,(H,19,21,23)/t13-/m0/s1. The lowest BCUT2D eigenvalue weighted by molar-refractivity contribution is -0.117. The minimum atomic E-state index is -0.187. The third-order valence-electron chi connectivity index (χ3n) is 4.01. The van der Waals surface area contributed by atoms with Crippen LogP contribution in [0.25, 0.3) is 0 Å². The van der Waals surface area contributed by atoms with Gasteiger partial charge in [-0.05, 0) is 37.1 Å². The van der Waals surface area contributed by atoms with Crippen molar-refractivity contribution < 1.29 is 4.79 Å². The Labute approximate surface area is 151 Å². The molecule has 1 N–H and O–H groups in total. The van der Waals surface area contributed by atoms with Crippen molar-refractivity contribution in [1.82, 2.24) is 10.2 Å². The van der Waals surface area contributed by atoms with Crippen LogP contribution in [0.1, 0.15) is 38.6 Å². The summed E-state index contributed by atoms with van der Waals surface area (Å²) in [6, 6.07) is 7.43. The molecule has 1 fully saturated rings. The van der Waals surface area contributed by atoms with Crippen molar-refractivity contribution in [1.29, 1.82) is 0 Å². The average Bonchev–Trinajstić information content (AvgIpc) is 3.16. The average molecular weight is 365 g/mol. The molecule has 1 aliphatic rings. The molecule has 0 unspecified atom stereocenters. The van der Waals surface area contributed by atoms with Crippen molar-refractivity contribution in [2.75, 3.05) is 16.8 Å². The van der Waals surface area contributed by atoms with E-state index in [9.17, 15) is 4.79 Å². The summed E-state index contributed by atoms with van der Waals surface area (Å²) in [4.78, 5) is 14.8. The van der Waals surface area contributed by atoms with Gasteiger partial charge in [0.05, 0.1) is 0 Å². The molecule has 1 aromatic heterocycles. The second kappa shape index (κ2) is 6.69. The Morgan fingerprint density at radius 3 is 2.62 bits per heavy atom. The zero-order chi connectivity index (χ0) is 17.3. The number of benzene rings is 1. The lowest BCUT2D eigenvalue weighted by atomic mass is 9.98. The van der Waals surface area contributed by atoms with Crippen LogP contribution >= 0.6 is 22.9 Å². The topological polar surface area (TPSA) is 58.1 Å². The van der Waals surface area contributed by atoms with Gasteiger partial charge in [0.25, 0.3) is 0 Å². The van der Waals surface area contributed by atoms with Crippen LogP contribution in [0.15, 0.2) is 24.3 Å². The van der Waals surface area contributed by atoms with Crippen molar-refractivity contribution >= 4 is 39.7 Å². The number of anilines is 2. The Morgan fingerprint density at radius 1 is 1.29 bits per heavy atom. The molecule has 0 aliphatic carbocycles. The largest absolute Gasteiger partial charge is 0.360 e. The predicted molar refractivity (Wildman–Crippen MR) is 99.1 cm³/mol. The maximum atomic E-state index is 12.7. The first kappa shape index (κ1) is 17.2. The number of amides is 1. The van der Waals surface area contributed by atoms with E-state index in [-0.39, 0.29) is 17.4 Å². The second-order valence-corrected chi connectivity index (χ2v) is 8.39. The summed E-state index contributed by atoms with van der Waals surface area (Å²) in [6.45, 7) is 7.11. The molecule has 1 aliphatic heterocycles. The van der Waals surface area contributed by atoms with Crippen LogP contribution in [0.4, 0.5) is 10.8 Å². The number of hydrogen-bond donors (Lipinski definition) is 1. The van der Waals surface area contributed by atoms with Crippen molar-refractivity contribution in [2.24, 2.45) is 0 Å². The van der Waals surface area contributed by atoms with Crippen LogP contribution in [-0.4, -0.2) is 28.7 Å². The zero-order valence-corrected chi connectivity index (χ0v) is 15.6. The van der Waals surface area contributed by atoms with Gasteiger partial charge >= 0.3 is 0 Å². The summed E-state index contributed by atoms with van der Waals surface area (Å²) in [5.41, 5.74) is 0.952. The minimum absolute atomic E-state index is 0.0286. The molecule has 0 radical (unpaired) electrons. The summed E-state index contributed by atoms with van der Waals surface area (Å²) < 4.78 is 0. The van der Waals surface area contributed by atoms with Crippen LogP contribution < -0.4 is 10.2 Å². The van der Waals surface area contributed by atoms with Crippen LogP contribution in [0, 0.1) is 0 Å². The number of nitrogens with zero attached hydrogens (tertiary/aromatic N) is 3. The summed E-state index contributed by atoms with van der Waals surface area (Å²) >= 11 is 7.39. The summed E-state index contributed by atoms with van der Waals surface area (Å²) in [7, 11) is 0. The fourth-order valence-corrected chi connectivity index (χ4v) is 3.68. The van der Waals surface area contributed by atoms with E-state index in [0.29, 0.717) is 10.2 Å². The summed E-state index contributed by atoms with van der Waals surface area (Å²) in [5.74, 6) is -0.0286. The molecule has 5 nitrogen and oxygen atoms in total. The van der Waals surface area contributed by atoms with E-state index in [2.05, 4.69) is 41.2 Å². The molecule has 128 valence electrons. The highest BCUT2D eigenvalue weighted by atomic mass is 35.5. The maximum Gasteiger partial charge on any atom is 0.248 e. The fourth-order valence-electron chi connectivity index (χ4n) is 2.75. The van der Waals surface area contributed by atoms with Crippen LogP contribution in [0.3, 0.4) is 0 Å². The Kier molecular flexibility index (Phi) is 4.78. The number of rotatable bonds is 3. The number of aromatic nitrogens is 2. The third-order valence-corrected chi connectivity index (χ3v) is 5.53. The molecule has 1 aromatic carbocycles. The smallest absolute Gasteiger partial charge is 0.248 e. The number of nitrogens with one attached hydrogen (secondary N) is 1. The van der Waals surface area contributed by atoms with Gasteiger partial charge in [-0.3, -0.25) is 10.1 Å². The highest BCUT2D eigenvalue weighted by Gasteiger charge is 2.31. The SMILES string of the molecule is CC(C)(C)c1nnc(NC(=O)[C@@H]2CCCN2c2ccc(Cl)cc2)s1. The van der Waals surface area contributed by atoms with Gasteiger partial charge in [0, 0.05) is 22.7 Å². The molecule has 2 aromatic rings. The lowest BCUT2D eigenvalue weighted by Crippen LogP contribution is -2.39. The predicted octanol–water partition coefficient (Wildman–Crippen LogP) is 4.10. The number of halogens is 1. The van der Waals surface area contributed by atoms with E-state index in [4.69, 9.17) is 11.6 Å². The van der Waals surface area contributed by atoms with Gasteiger partial charge in [-0.15, -0.1) is 10.2 Å². The van der Waals surface area contributed by atoms with Crippen LogP contribution in [0.5, 0.6) is 0 Å². The lowest BCUT2D eigenvalue weighted by Gasteiger charge is -2.25. The number of carbonyl (C=O) groups is 1. The van der Waals surface area contributed by atoms with Gasteiger partial charge in [0.15, 0.2) is 0 Å². The molecule has 1 amide bonds. The van der Waals surface area contributed by atoms with E-state index in [1.807, 2.05) is 24.3 Å². The van der Waals surface area contributed by atoms with E-state index < -0.39 is 0 Å². The van der Waals surface area contributed by atoms with Gasteiger partial charge in [0.2, 0.25) is 11.0 Å². The van der Waals surface area contributed by atoms with E-state index in [0.717, 1.165) is 30.1 Å². The quantitative estimate of drug-likeness (QED) is 0.890. The van der Waals surface area contributed by atoms with Crippen LogP contribution in [-0.2, 0) is 10.2 Å². The molecular formula is C17H21ClN4OS. The third kappa shape index (κ3) is 3.70. The van der Waals surface area contributed by atoms with E-state index >= 15 is 0 Å². The normalized spacial score (nSPS) is 18.0. The zero-order valence-electron chi connectivity index (χ0n) is 14.0. The molecule has 1 atom stereocenters. The molecular weight excluding hydrogens is 344 g/mol. The Bertz CT molecular complexity index is 723. The minimum Gasteiger partial charge on any atom is -0.360 e. The molecule has 24 heavy (non-hydrogen) atoms. The Hall–Kier alpha value is -1.66. The first-order valence-electron chi connectivity index (χ1n) is 8.01. The van der Waals surface area contributed by atoms with Crippen LogP contribution in [0.2, 0.25) is 5.02 Å². The highest BCUT2D eigenvalue weighted by molar-refractivity contribution is 7.15. The van der Waals surface area contributed by atoms with E-state index in [1.165, 1.54) is 11.3 Å². The first-order chi connectivity index (χ1) is 11.3. The fraction of sp³-hybridized carbons (Fsp3) is 0.471. The van der Waals surface area contributed by atoms with Crippen molar-refractivity contribution in [3.8, 4) is 0 Å². The summed E-state index contributed by atoms with van der Waals surface area (Å²) in [5, 5.41) is 13.4. The molecule has 0 bridgehead atoms. The summed E-state index contributed by atoms with van der Waals surface area (Å²) in [6.07, 6.45) is 1.82. The Morgan fingerprint density at radius 2 is 2.00 bits per heavy atom. The maximum absolute atomic E-state index is 12.7. The molecule has 0 spiro atoms. The van der Waals surface area contributed by atoms with Gasteiger partial charge in [-0.25, -0.2) is 0 Å². The van der Waals surface area contributed by atoms with Gasteiger partial charge in [-0.1, -0.05) is 43.7 Å². The second-order valence-electron chi connectivity index (χ2n) is 6.98. The Balaban J connectivity index is 1.72. The van der Waals surface area contributed by atoms with Crippen molar-refractivity contribution in [2.45, 2.75) is 45.1 Å². The monoisotopic (exact) mass is 364 g/mol. The van der Waals surface area contributed by atoms with Crippen molar-refractivity contribution in [3.05, 3.63) is 34.3 Å². The number of hydrogen-bond acceptors (Lipinski definition) is 5. The molecule has 7 heteroatoms. The molecule has 0 saturated carbocycles. The van der Waals surface area contributed by atoms with Gasteiger partial charge in [-0.2, -0.15) is 0 Å². The molecule has 2 heterocycles. The van der Waals surface area contributed by atoms with Gasteiger partial charge < -0.3 is 4.90 Å². The van der Waals surface area contributed by atoms with Crippen molar-refractivity contribution in [3.63, 3.8) is 0 Å². The number of carbonyl (C=O) groups excluding carboxylic acids is 1. The highest BCUT2D eigenvalue weighted by Crippen LogP contribution is 2.30. The van der Waals surface area contributed by atoms with Gasteiger partial charge in [0.1, 0.15) is 11.0 Å². The first-order valence-corrected chi connectivity index (χ1v) is 9.21. The molecule has 3 rings (SSSR count). The van der Waals surface area contributed by atoms with E-state index in [1.54, 1.807) is 0 Å². The molecule has 1 saturated heterocycles.